The first kappa shape index (κ1) is 27.9. The highest BCUT2D eigenvalue weighted by molar-refractivity contribution is 5.85. The number of hydrogen-bond donors (Lipinski definition) is 2. The minimum Gasteiger partial charge on any atom is -0.481 e. The van der Waals surface area contributed by atoms with Gasteiger partial charge in [-0.1, -0.05) is 104 Å². The van der Waals surface area contributed by atoms with Gasteiger partial charge >= 0.3 is 11.9 Å². The Morgan fingerprint density at radius 3 is 1.55 bits per heavy atom. The smallest absolute Gasteiger partial charge is 0.338 e. The van der Waals surface area contributed by atoms with Crippen LogP contribution in [0, 0.1) is 0 Å². The molecule has 0 amide bonds. The average Bonchev–Trinajstić information content (AvgIpc) is 2.68. The zero-order valence-corrected chi connectivity index (χ0v) is 19.1. The lowest BCUT2D eigenvalue weighted by atomic mass is 9.92. The van der Waals surface area contributed by atoms with Crippen LogP contribution in [0.15, 0.2) is 0 Å². The van der Waals surface area contributed by atoms with Crippen molar-refractivity contribution in [3.8, 4) is 0 Å². The van der Waals surface area contributed by atoms with Crippen molar-refractivity contribution in [3.63, 3.8) is 0 Å². The molecule has 0 spiro atoms. The fourth-order valence-corrected chi connectivity index (χ4v) is 3.60. The number of carboxylic acid groups (broad SMARTS) is 1. The first-order valence-corrected chi connectivity index (χ1v) is 12.1. The Bertz CT molecular complexity index is 410. The van der Waals surface area contributed by atoms with E-state index >= 15 is 0 Å². The Morgan fingerprint density at radius 2 is 1.10 bits per heavy atom. The van der Waals surface area contributed by atoms with E-state index in [0.717, 1.165) is 38.5 Å². The van der Waals surface area contributed by atoms with Crippen molar-refractivity contribution in [2.24, 2.45) is 0 Å². The summed E-state index contributed by atoms with van der Waals surface area (Å²) in [5.74, 6) is -1.94. The Labute approximate surface area is 178 Å². The van der Waals surface area contributed by atoms with Crippen LogP contribution in [0.25, 0.3) is 0 Å². The molecule has 0 heterocycles. The van der Waals surface area contributed by atoms with Crippen LogP contribution in [0.5, 0.6) is 0 Å². The van der Waals surface area contributed by atoms with E-state index in [9.17, 15) is 14.7 Å². The van der Waals surface area contributed by atoms with E-state index in [1.165, 1.54) is 57.8 Å². The molecule has 0 aliphatic rings. The SMILES string of the molecule is CCCCCCCCCCOC(=O)C(O)(CCCCCCCCCC)CC(=O)O. The lowest BCUT2D eigenvalue weighted by Gasteiger charge is -2.24. The number of hydrogen-bond acceptors (Lipinski definition) is 4. The molecule has 5 heteroatoms. The summed E-state index contributed by atoms with van der Waals surface area (Å²) >= 11 is 0. The molecule has 0 aliphatic heterocycles. The van der Waals surface area contributed by atoms with Crippen LogP contribution in [-0.2, 0) is 14.3 Å². The van der Waals surface area contributed by atoms with Gasteiger partial charge in [-0.25, -0.2) is 4.79 Å². The van der Waals surface area contributed by atoms with Crippen molar-refractivity contribution < 1.29 is 24.5 Å². The molecule has 0 saturated carbocycles. The molecule has 0 fully saturated rings. The molecular formula is C24H46O5. The molecule has 0 aromatic rings. The number of ether oxygens (including phenoxy) is 1. The van der Waals surface area contributed by atoms with Crippen molar-refractivity contribution in [1.29, 1.82) is 0 Å². The molecule has 0 radical (unpaired) electrons. The molecule has 0 saturated heterocycles. The van der Waals surface area contributed by atoms with Crippen LogP contribution in [0.4, 0.5) is 0 Å². The van der Waals surface area contributed by atoms with E-state index in [2.05, 4.69) is 13.8 Å². The Hall–Kier alpha value is -1.10. The molecule has 29 heavy (non-hydrogen) atoms. The quantitative estimate of drug-likeness (QED) is 0.167. The molecule has 5 nitrogen and oxygen atoms in total. The third-order valence-electron chi connectivity index (χ3n) is 5.50. The summed E-state index contributed by atoms with van der Waals surface area (Å²) in [6, 6.07) is 0. The van der Waals surface area contributed by atoms with Crippen LogP contribution in [0.2, 0.25) is 0 Å². The van der Waals surface area contributed by atoms with E-state index < -0.39 is 24.0 Å². The average molecular weight is 415 g/mol. The molecule has 2 N–H and O–H groups in total. The van der Waals surface area contributed by atoms with E-state index in [0.29, 0.717) is 6.42 Å². The third kappa shape index (κ3) is 16.4. The molecule has 0 aromatic heterocycles. The highest BCUT2D eigenvalue weighted by Crippen LogP contribution is 2.22. The van der Waals surface area contributed by atoms with Gasteiger partial charge in [-0.3, -0.25) is 4.79 Å². The van der Waals surface area contributed by atoms with E-state index in [4.69, 9.17) is 9.84 Å². The Kier molecular flexibility index (Phi) is 18.2. The van der Waals surface area contributed by atoms with E-state index in [-0.39, 0.29) is 13.0 Å². The molecule has 0 aliphatic carbocycles. The molecule has 0 aromatic carbocycles. The second-order valence-corrected chi connectivity index (χ2v) is 8.44. The standard InChI is InChI=1S/C24H46O5/c1-3-5-7-9-11-13-15-17-19-24(28,21-22(25)26)23(27)29-20-18-16-14-12-10-8-6-4-2/h28H,3-21H2,1-2H3,(H,25,26). The topological polar surface area (TPSA) is 83.8 Å². The number of carbonyl (C=O) groups is 2. The molecule has 1 atom stereocenters. The third-order valence-corrected chi connectivity index (χ3v) is 5.50. The molecule has 172 valence electrons. The summed E-state index contributed by atoms with van der Waals surface area (Å²) in [5, 5.41) is 19.7. The summed E-state index contributed by atoms with van der Waals surface area (Å²) in [5.41, 5.74) is -1.89. The lowest BCUT2D eigenvalue weighted by Crippen LogP contribution is -2.42. The van der Waals surface area contributed by atoms with Gasteiger partial charge in [-0.05, 0) is 19.3 Å². The molecule has 0 rings (SSSR count). The number of esters is 1. The maximum atomic E-state index is 12.3. The second-order valence-electron chi connectivity index (χ2n) is 8.44. The van der Waals surface area contributed by atoms with Crippen molar-refractivity contribution in [1.82, 2.24) is 0 Å². The van der Waals surface area contributed by atoms with Gasteiger partial charge < -0.3 is 14.9 Å². The fourth-order valence-electron chi connectivity index (χ4n) is 3.60. The van der Waals surface area contributed by atoms with Gasteiger partial charge in [0.2, 0.25) is 0 Å². The number of carbonyl (C=O) groups excluding carboxylic acids is 1. The number of unbranched alkanes of at least 4 members (excludes halogenated alkanes) is 14. The fraction of sp³-hybridized carbons (Fsp3) is 0.917. The number of aliphatic carboxylic acids is 1. The minimum atomic E-state index is -1.89. The van der Waals surface area contributed by atoms with Gasteiger partial charge in [-0.15, -0.1) is 0 Å². The number of aliphatic hydroxyl groups is 1. The Balaban J connectivity index is 4.02. The number of rotatable bonds is 21. The van der Waals surface area contributed by atoms with Gasteiger partial charge in [0.1, 0.15) is 0 Å². The molecular weight excluding hydrogens is 368 g/mol. The first-order valence-electron chi connectivity index (χ1n) is 12.1. The van der Waals surface area contributed by atoms with E-state index in [1.807, 2.05) is 0 Å². The van der Waals surface area contributed by atoms with Crippen LogP contribution in [-0.4, -0.2) is 34.4 Å². The van der Waals surface area contributed by atoms with Gasteiger partial charge in [0.05, 0.1) is 13.0 Å². The maximum Gasteiger partial charge on any atom is 0.338 e. The number of carboxylic acids is 1. The first-order chi connectivity index (χ1) is 14.0. The Morgan fingerprint density at radius 1 is 0.690 bits per heavy atom. The monoisotopic (exact) mass is 414 g/mol. The predicted octanol–water partition coefficient (Wildman–Crippen LogP) is 6.41. The van der Waals surface area contributed by atoms with Gasteiger partial charge in [0, 0.05) is 0 Å². The zero-order valence-electron chi connectivity index (χ0n) is 19.1. The summed E-state index contributed by atoms with van der Waals surface area (Å²) in [6.45, 7) is 4.65. The highest BCUT2D eigenvalue weighted by atomic mass is 16.5. The van der Waals surface area contributed by atoms with Gasteiger partial charge in [0.15, 0.2) is 5.60 Å². The lowest BCUT2D eigenvalue weighted by molar-refractivity contribution is -0.172. The summed E-state index contributed by atoms with van der Waals surface area (Å²) in [6.07, 6.45) is 17.5. The summed E-state index contributed by atoms with van der Waals surface area (Å²) in [4.78, 5) is 23.4. The van der Waals surface area contributed by atoms with Crippen LogP contribution in [0.3, 0.4) is 0 Å². The van der Waals surface area contributed by atoms with Crippen LogP contribution in [0.1, 0.15) is 129 Å². The predicted molar refractivity (Wildman–Crippen MR) is 118 cm³/mol. The van der Waals surface area contributed by atoms with Crippen LogP contribution < -0.4 is 0 Å². The highest BCUT2D eigenvalue weighted by Gasteiger charge is 2.39. The van der Waals surface area contributed by atoms with Crippen molar-refractivity contribution in [3.05, 3.63) is 0 Å². The van der Waals surface area contributed by atoms with Crippen molar-refractivity contribution in [2.45, 2.75) is 135 Å². The van der Waals surface area contributed by atoms with Gasteiger partial charge in [-0.2, -0.15) is 0 Å². The van der Waals surface area contributed by atoms with Gasteiger partial charge in [0.25, 0.3) is 0 Å². The van der Waals surface area contributed by atoms with Crippen molar-refractivity contribution in [2.75, 3.05) is 6.61 Å². The largest absolute Gasteiger partial charge is 0.481 e. The zero-order chi connectivity index (χ0) is 21.8. The van der Waals surface area contributed by atoms with Crippen LogP contribution >= 0.6 is 0 Å². The van der Waals surface area contributed by atoms with Crippen molar-refractivity contribution >= 4 is 11.9 Å². The normalized spacial score (nSPS) is 13.2. The molecule has 0 bridgehead atoms. The molecule has 1 unspecified atom stereocenters. The van der Waals surface area contributed by atoms with E-state index in [1.54, 1.807) is 0 Å². The minimum absolute atomic E-state index is 0.157. The summed E-state index contributed by atoms with van der Waals surface area (Å²) in [7, 11) is 0. The maximum absolute atomic E-state index is 12.3. The second kappa shape index (κ2) is 18.9. The summed E-state index contributed by atoms with van der Waals surface area (Å²) < 4.78 is 5.22.